The van der Waals surface area contributed by atoms with Crippen LogP contribution in [0.15, 0.2) is 12.2 Å². The maximum Gasteiger partial charge on any atom is 0.0936 e. The van der Waals surface area contributed by atoms with Crippen molar-refractivity contribution in [1.29, 1.82) is 0 Å². The van der Waals surface area contributed by atoms with Gasteiger partial charge < -0.3 is 9.84 Å². The van der Waals surface area contributed by atoms with Crippen LogP contribution in [-0.4, -0.2) is 48.5 Å². The zero-order chi connectivity index (χ0) is 10.6. The molecule has 2 unspecified atom stereocenters. The van der Waals surface area contributed by atoms with Crippen LogP contribution < -0.4 is 0 Å². The van der Waals surface area contributed by atoms with E-state index >= 15 is 0 Å². The van der Waals surface area contributed by atoms with Gasteiger partial charge in [0.05, 0.1) is 18.8 Å². The molecule has 1 fully saturated rings. The van der Waals surface area contributed by atoms with Gasteiger partial charge in [-0.15, -0.1) is 6.58 Å². The second kappa shape index (κ2) is 5.49. The van der Waals surface area contributed by atoms with Crippen LogP contribution in [0.5, 0.6) is 0 Å². The van der Waals surface area contributed by atoms with Crippen LogP contribution in [0, 0.1) is 0 Å². The number of morpholine rings is 1. The topological polar surface area (TPSA) is 32.7 Å². The van der Waals surface area contributed by atoms with E-state index in [4.69, 9.17) is 9.84 Å². The first-order valence-electron chi connectivity index (χ1n) is 5.25. The highest BCUT2D eigenvalue weighted by molar-refractivity contribution is 4.89. The molecule has 1 heterocycles. The summed E-state index contributed by atoms with van der Waals surface area (Å²) in [6, 6.07) is 0. The van der Waals surface area contributed by atoms with E-state index in [-0.39, 0.29) is 18.8 Å². The summed E-state index contributed by atoms with van der Waals surface area (Å²) in [5, 5.41) is 9.03. The SMILES string of the molecule is C=C(C)CCN1CC(C)OC(CO)C1. The van der Waals surface area contributed by atoms with Gasteiger partial charge >= 0.3 is 0 Å². The van der Waals surface area contributed by atoms with E-state index < -0.39 is 0 Å². The van der Waals surface area contributed by atoms with Gasteiger partial charge in [0.15, 0.2) is 0 Å². The molecule has 0 aromatic carbocycles. The Morgan fingerprint density at radius 2 is 2.29 bits per heavy atom. The molecule has 2 atom stereocenters. The molecule has 0 aliphatic carbocycles. The number of aliphatic hydroxyl groups excluding tert-OH is 1. The Kier molecular flexibility index (Phi) is 4.58. The van der Waals surface area contributed by atoms with Crippen molar-refractivity contribution in [2.24, 2.45) is 0 Å². The third kappa shape index (κ3) is 3.78. The van der Waals surface area contributed by atoms with Crippen molar-refractivity contribution in [3.63, 3.8) is 0 Å². The Balaban J connectivity index is 2.33. The molecule has 0 radical (unpaired) electrons. The zero-order valence-electron chi connectivity index (χ0n) is 9.20. The molecular formula is C11H21NO2. The summed E-state index contributed by atoms with van der Waals surface area (Å²) in [4.78, 5) is 2.34. The van der Waals surface area contributed by atoms with Crippen molar-refractivity contribution in [3.8, 4) is 0 Å². The van der Waals surface area contributed by atoms with E-state index in [1.165, 1.54) is 5.57 Å². The van der Waals surface area contributed by atoms with E-state index in [1.807, 2.05) is 6.92 Å². The first-order valence-corrected chi connectivity index (χ1v) is 5.25. The molecular weight excluding hydrogens is 178 g/mol. The molecule has 1 saturated heterocycles. The normalized spacial score (nSPS) is 29.1. The number of aliphatic hydroxyl groups is 1. The Morgan fingerprint density at radius 3 is 2.86 bits per heavy atom. The molecule has 0 bridgehead atoms. The lowest BCUT2D eigenvalue weighted by molar-refractivity contribution is -0.0947. The van der Waals surface area contributed by atoms with Gasteiger partial charge in [-0.2, -0.15) is 0 Å². The number of nitrogens with zero attached hydrogens (tertiary/aromatic N) is 1. The van der Waals surface area contributed by atoms with Crippen molar-refractivity contribution in [3.05, 3.63) is 12.2 Å². The molecule has 3 heteroatoms. The molecule has 0 saturated carbocycles. The lowest BCUT2D eigenvalue weighted by Crippen LogP contribution is -2.48. The van der Waals surface area contributed by atoms with Crippen molar-refractivity contribution in [1.82, 2.24) is 4.90 Å². The van der Waals surface area contributed by atoms with Gasteiger partial charge in [-0.3, -0.25) is 4.90 Å². The summed E-state index contributed by atoms with van der Waals surface area (Å²) >= 11 is 0. The highest BCUT2D eigenvalue weighted by Gasteiger charge is 2.23. The highest BCUT2D eigenvalue weighted by atomic mass is 16.5. The third-order valence-corrected chi connectivity index (χ3v) is 2.46. The molecule has 0 amide bonds. The van der Waals surface area contributed by atoms with Crippen LogP contribution in [-0.2, 0) is 4.74 Å². The molecule has 3 nitrogen and oxygen atoms in total. The predicted octanol–water partition coefficient (Wildman–Crippen LogP) is 1.03. The van der Waals surface area contributed by atoms with Crippen molar-refractivity contribution in [2.45, 2.75) is 32.5 Å². The Bertz CT molecular complexity index is 194. The summed E-state index contributed by atoms with van der Waals surface area (Å²) in [5.74, 6) is 0. The lowest BCUT2D eigenvalue weighted by atomic mass is 10.2. The van der Waals surface area contributed by atoms with Crippen LogP contribution in [0.4, 0.5) is 0 Å². The van der Waals surface area contributed by atoms with Gasteiger partial charge in [0.25, 0.3) is 0 Å². The summed E-state index contributed by atoms with van der Waals surface area (Å²) in [7, 11) is 0. The average molecular weight is 199 g/mol. The van der Waals surface area contributed by atoms with Crippen molar-refractivity contribution in [2.75, 3.05) is 26.2 Å². The van der Waals surface area contributed by atoms with Gasteiger partial charge in [0, 0.05) is 19.6 Å². The first-order chi connectivity index (χ1) is 6.61. The summed E-state index contributed by atoms with van der Waals surface area (Å²) in [5.41, 5.74) is 1.21. The maximum atomic E-state index is 9.03. The molecule has 1 rings (SSSR count). The van der Waals surface area contributed by atoms with Crippen LogP contribution >= 0.6 is 0 Å². The van der Waals surface area contributed by atoms with E-state index in [9.17, 15) is 0 Å². The zero-order valence-corrected chi connectivity index (χ0v) is 9.20. The largest absolute Gasteiger partial charge is 0.394 e. The summed E-state index contributed by atoms with van der Waals surface area (Å²) in [6.45, 7) is 10.9. The predicted molar refractivity (Wildman–Crippen MR) is 57.3 cm³/mol. The fourth-order valence-electron chi connectivity index (χ4n) is 1.77. The second-order valence-corrected chi connectivity index (χ2v) is 4.22. The van der Waals surface area contributed by atoms with Gasteiger partial charge in [0.1, 0.15) is 0 Å². The van der Waals surface area contributed by atoms with E-state index in [2.05, 4.69) is 18.4 Å². The Hall–Kier alpha value is -0.380. The van der Waals surface area contributed by atoms with Crippen LogP contribution in [0.1, 0.15) is 20.3 Å². The molecule has 1 aliphatic heterocycles. The minimum absolute atomic E-state index is 0.0103. The van der Waals surface area contributed by atoms with Crippen LogP contribution in [0.25, 0.3) is 0 Å². The summed E-state index contributed by atoms with van der Waals surface area (Å²) < 4.78 is 5.56. The monoisotopic (exact) mass is 199 g/mol. The van der Waals surface area contributed by atoms with Crippen molar-refractivity contribution >= 4 is 0 Å². The van der Waals surface area contributed by atoms with Gasteiger partial charge in [-0.1, -0.05) is 5.57 Å². The Labute approximate surface area is 86.4 Å². The molecule has 0 aromatic rings. The third-order valence-electron chi connectivity index (χ3n) is 2.46. The van der Waals surface area contributed by atoms with Crippen LogP contribution in [0.2, 0.25) is 0 Å². The number of hydrogen-bond acceptors (Lipinski definition) is 3. The molecule has 0 spiro atoms. The molecule has 1 N–H and O–H groups in total. The van der Waals surface area contributed by atoms with E-state index in [0.29, 0.717) is 0 Å². The second-order valence-electron chi connectivity index (χ2n) is 4.22. The molecule has 14 heavy (non-hydrogen) atoms. The minimum Gasteiger partial charge on any atom is -0.394 e. The number of rotatable bonds is 4. The van der Waals surface area contributed by atoms with E-state index in [1.54, 1.807) is 0 Å². The van der Waals surface area contributed by atoms with Gasteiger partial charge in [0.2, 0.25) is 0 Å². The Morgan fingerprint density at radius 1 is 1.57 bits per heavy atom. The lowest BCUT2D eigenvalue weighted by Gasteiger charge is -2.36. The minimum atomic E-state index is -0.0103. The highest BCUT2D eigenvalue weighted by Crippen LogP contribution is 2.11. The molecule has 82 valence electrons. The maximum absolute atomic E-state index is 9.03. The fraction of sp³-hybridized carbons (Fsp3) is 0.818. The van der Waals surface area contributed by atoms with Gasteiger partial charge in [-0.25, -0.2) is 0 Å². The van der Waals surface area contributed by atoms with E-state index in [0.717, 1.165) is 26.1 Å². The number of ether oxygens (including phenoxy) is 1. The van der Waals surface area contributed by atoms with Gasteiger partial charge in [-0.05, 0) is 20.3 Å². The quantitative estimate of drug-likeness (QED) is 0.687. The van der Waals surface area contributed by atoms with Crippen LogP contribution in [0.3, 0.4) is 0 Å². The number of hydrogen-bond donors (Lipinski definition) is 1. The first kappa shape index (κ1) is 11.7. The molecule has 0 aromatic heterocycles. The smallest absolute Gasteiger partial charge is 0.0936 e. The standard InChI is InChI=1S/C11H21NO2/c1-9(2)4-5-12-6-10(3)14-11(7-12)8-13/h10-11,13H,1,4-8H2,2-3H3. The summed E-state index contributed by atoms with van der Waals surface area (Å²) in [6.07, 6.45) is 1.25. The van der Waals surface area contributed by atoms with Crippen molar-refractivity contribution < 1.29 is 9.84 Å². The molecule has 1 aliphatic rings. The average Bonchev–Trinajstić information content (AvgIpc) is 2.14. The fourth-order valence-corrected chi connectivity index (χ4v) is 1.77.